The monoisotopic (exact) mass is 506 g/mol. The number of hydrogen-bond acceptors (Lipinski definition) is 3. The molecule has 0 saturated heterocycles. The first-order valence-electron chi connectivity index (χ1n) is 9.97. The second-order valence-corrected chi connectivity index (χ2v) is 7.10. The summed E-state index contributed by atoms with van der Waals surface area (Å²) in [4.78, 5) is 4.76. The molecule has 6 nitrogen and oxygen atoms in total. The second-order valence-electron chi connectivity index (χ2n) is 7.10. The Bertz CT molecular complexity index is 944. The van der Waals surface area contributed by atoms with Gasteiger partial charge >= 0.3 is 0 Å². The molecule has 0 saturated carbocycles. The standard InChI is InChI=1S/C22H30N6.HI/c1-5-6-14-23-22(24-15-21-27-26-17(3)28(21)4)25-16(2)19-13-9-11-18-10-7-8-12-20(18)19;/h7-13,16H,5-6,14-15H2,1-4H3,(H2,23,24,25);1H. The van der Waals surface area contributed by atoms with Crippen LogP contribution in [0.2, 0.25) is 0 Å². The molecule has 0 amide bonds. The SMILES string of the molecule is CCCCNC(=NCc1nnc(C)n1C)NC(C)c1cccc2ccccc12.I. The fraction of sp³-hybridized carbons (Fsp3) is 0.409. The summed E-state index contributed by atoms with van der Waals surface area (Å²) in [6, 6.07) is 15.0. The van der Waals surface area contributed by atoms with E-state index in [1.54, 1.807) is 0 Å². The topological polar surface area (TPSA) is 67.1 Å². The molecule has 7 heteroatoms. The van der Waals surface area contributed by atoms with Gasteiger partial charge in [0.15, 0.2) is 11.8 Å². The number of guanidine groups is 1. The number of fused-ring (bicyclic) bond motifs is 1. The average Bonchev–Trinajstić information content (AvgIpc) is 3.03. The highest BCUT2D eigenvalue weighted by molar-refractivity contribution is 14.0. The summed E-state index contributed by atoms with van der Waals surface area (Å²) in [5, 5.41) is 17.9. The molecule has 0 aliphatic rings. The molecule has 2 aromatic carbocycles. The minimum atomic E-state index is 0. The lowest BCUT2D eigenvalue weighted by Crippen LogP contribution is -2.39. The fourth-order valence-electron chi connectivity index (χ4n) is 3.19. The summed E-state index contributed by atoms with van der Waals surface area (Å²) >= 11 is 0. The molecule has 0 fully saturated rings. The summed E-state index contributed by atoms with van der Waals surface area (Å²) in [6.45, 7) is 7.68. The predicted octanol–water partition coefficient (Wildman–Crippen LogP) is 4.49. The van der Waals surface area contributed by atoms with Gasteiger partial charge in [-0.3, -0.25) is 0 Å². The number of unbranched alkanes of at least 4 members (excludes halogenated alkanes) is 1. The van der Waals surface area contributed by atoms with E-state index < -0.39 is 0 Å². The van der Waals surface area contributed by atoms with E-state index in [2.05, 4.69) is 77.1 Å². The van der Waals surface area contributed by atoms with Gasteiger partial charge in [0.1, 0.15) is 12.4 Å². The summed E-state index contributed by atoms with van der Waals surface area (Å²) < 4.78 is 1.97. The van der Waals surface area contributed by atoms with Gasteiger partial charge in [0.2, 0.25) is 0 Å². The quantitative estimate of drug-likeness (QED) is 0.215. The smallest absolute Gasteiger partial charge is 0.192 e. The van der Waals surface area contributed by atoms with Gasteiger partial charge in [0.25, 0.3) is 0 Å². The minimum absolute atomic E-state index is 0. The number of aryl methyl sites for hydroxylation is 1. The zero-order valence-electron chi connectivity index (χ0n) is 17.6. The Morgan fingerprint density at radius 2 is 1.90 bits per heavy atom. The maximum Gasteiger partial charge on any atom is 0.192 e. The van der Waals surface area contributed by atoms with Gasteiger partial charge < -0.3 is 15.2 Å². The van der Waals surface area contributed by atoms with Gasteiger partial charge in [0, 0.05) is 13.6 Å². The Labute approximate surface area is 190 Å². The number of hydrogen-bond donors (Lipinski definition) is 2. The third-order valence-corrected chi connectivity index (χ3v) is 5.03. The fourth-order valence-corrected chi connectivity index (χ4v) is 3.19. The summed E-state index contributed by atoms with van der Waals surface area (Å²) in [5.41, 5.74) is 1.26. The van der Waals surface area contributed by atoms with E-state index in [1.807, 2.05) is 18.5 Å². The second kappa shape index (κ2) is 11.1. The number of nitrogens with zero attached hydrogens (tertiary/aromatic N) is 4. The molecule has 156 valence electrons. The number of benzene rings is 2. The highest BCUT2D eigenvalue weighted by atomic mass is 127. The van der Waals surface area contributed by atoms with E-state index >= 15 is 0 Å². The molecule has 1 aromatic heterocycles. The largest absolute Gasteiger partial charge is 0.356 e. The Kier molecular flexibility index (Phi) is 8.88. The Balaban J connectivity index is 0.00000300. The van der Waals surface area contributed by atoms with E-state index in [9.17, 15) is 0 Å². The highest BCUT2D eigenvalue weighted by Gasteiger charge is 2.12. The number of aliphatic imine (C=N–C) groups is 1. The maximum absolute atomic E-state index is 4.76. The van der Waals surface area contributed by atoms with E-state index in [0.29, 0.717) is 6.54 Å². The van der Waals surface area contributed by atoms with Crippen LogP contribution in [-0.4, -0.2) is 27.3 Å². The van der Waals surface area contributed by atoms with Gasteiger partial charge in [0.05, 0.1) is 6.04 Å². The van der Waals surface area contributed by atoms with E-state index in [0.717, 1.165) is 37.0 Å². The molecule has 3 rings (SSSR count). The van der Waals surface area contributed by atoms with Crippen LogP contribution >= 0.6 is 24.0 Å². The molecule has 1 heterocycles. The summed E-state index contributed by atoms with van der Waals surface area (Å²) in [7, 11) is 1.97. The Hall–Kier alpha value is -2.16. The first kappa shape index (κ1) is 23.1. The van der Waals surface area contributed by atoms with Crippen molar-refractivity contribution in [1.29, 1.82) is 0 Å². The first-order chi connectivity index (χ1) is 13.6. The van der Waals surface area contributed by atoms with Crippen LogP contribution in [0.3, 0.4) is 0 Å². The minimum Gasteiger partial charge on any atom is -0.356 e. The molecular formula is C22H31IN6. The normalized spacial score (nSPS) is 12.5. The molecule has 29 heavy (non-hydrogen) atoms. The van der Waals surface area contributed by atoms with Crippen molar-refractivity contribution in [1.82, 2.24) is 25.4 Å². The molecule has 0 bridgehead atoms. The van der Waals surface area contributed by atoms with Gasteiger partial charge in [-0.05, 0) is 36.6 Å². The molecule has 1 atom stereocenters. The van der Waals surface area contributed by atoms with Crippen LogP contribution in [0.15, 0.2) is 47.5 Å². The van der Waals surface area contributed by atoms with Crippen LogP contribution in [0.1, 0.15) is 49.9 Å². The Morgan fingerprint density at radius 3 is 2.62 bits per heavy atom. The maximum atomic E-state index is 4.76. The summed E-state index contributed by atoms with van der Waals surface area (Å²) in [5.74, 6) is 2.55. The average molecular weight is 506 g/mol. The van der Waals surface area contributed by atoms with E-state index in [4.69, 9.17) is 4.99 Å². The van der Waals surface area contributed by atoms with Gasteiger partial charge in [-0.1, -0.05) is 55.8 Å². The van der Waals surface area contributed by atoms with Crippen molar-refractivity contribution in [3.8, 4) is 0 Å². The number of rotatable bonds is 7. The lowest BCUT2D eigenvalue weighted by Gasteiger charge is -2.20. The Morgan fingerprint density at radius 1 is 1.14 bits per heavy atom. The zero-order valence-corrected chi connectivity index (χ0v) is 20.0. The van der Waals surface area contributed by atoms with Crippen LogP contribution in [0, 0.1) is 6.92 Å². The third-order valence-electron chi connectivity index (χ3n) is 5.03. The van der Waals surface area contributed by atoms with Crippen molar-refractivity contribution in [3.05, 3.63) is 59.7 Å². The highest BCUT2D eigenvalue weighted by Crippen LogP contribution is 2.23. The number of aromatic nitrogens is 3. The molecule has 0 aliphatic heterocycles. The zero-order chi connectivity index (χ0) is 19.9. The van der Waals surface area contributed by atoms with Crippen LogP contribution in [0.4, 0.5) is 0 Å². The predicted molar refractivity (Wildman–Crippen MR) is 131 cm³/mol. The molecule has 2 N–H and O–H groups in total. The van der Waals surface area contributed by atoms with Crippen molar-refractivity contribution in [2.45, 2.75) is 46.2 Å². The van der Waals surface area contributed by atoms with E-state index in [-0.39, 0.29) is 30.0 Å². The van der Waals surface area contributed by atoms with Crippen LogP contribution in [0.5, 0.6) is 0 Å². The molecule has 1 unspecified atom stereocenters. The molecule has 3 aromatic rings. The van der Waals surface area contributed by atoms with Crippen LogP contribution < -0.4 is 10.6 Å². The van der Waals surface area contributed by atoms with Gasteiger partial charge in [-0.15, -0.1) is 34.2 Å². The molecule has 0 radical (unpaired) electrons. The number of nitrogens with one attached hydrogen (secondary N) is 2. The lowest BCUT2D eigenvalue weighted by atomic mass is 10.00. The van der Waals surface area contributed by atoms with Crippen molar-refractivity contribution in [2.75, 3.05) is 6.54 Å². The van der Waals surface area contributed by atoms with E-state index in [1.165, 1.54) is 16.3 Å². The van der Waals surface area contributed by atoms with Gasteiger partial charge in [-0.2, -0.15) is 0 Å². The molecule has 0 aliphatic carbocycles. The first-order valence-corrected chi connectivity index (χ1v) is 9.97. The number of halogens is 1. The van der Waals surface area contributed by atoms with Crippen LogP contribution in [-0.2, 0) is 13.6 Å². The molecular weight excluding hydrogens is 475 g/mol. The van der Waals surface area contributed by atoms with Gasteiger partial charge in [-0.25, -0.2) is 4.99 Å². The lowest BCUT2D eigenvalue weighted by molar-refractivity contribution is 0.666. The van der Waals surface area contributed by atoms with Crippen molar-refractivity contribution in [3.63, 3.8) is 0 Å². The molecule has 0 spiro atoms. The van der Waals surface area contributed by atoms with Crippen molar-refractivity contribution < 1.29 is 0 Å². The van der Waals surface area contributed by atoms with Crippen molar-refractivity contribution >= 4 is 40.7 Å². The third kappa shape index (κ3) is 5.91. The van der Waals surface area contributed by atoms with Crippen molar-refractivity contribution in [2.24, 2.45) is 12.0 Å². The summed E-state index contributed by atoms with van der Waals surface area (Å²) in [6.07, 6.45) is 2.24. The van der Waals surface area contributed by atoms with Crippen LogP contribution in [0.25, 0.3) is 10.8 Å².